The van der Waals surface area contributed by atoms with Gasteiger partial charge in [-0.15, -0.1) is 0 Å². The second kappa shape index (κ2) is 65.3. The minimum atomic E-state index is -0.792. The molecule has 0 heterocycles. The summed E-state index contributed by atoms with van der Waals surface area (Å²) in [6.07, 6.45) is 90.6. The summed E-state index contributed by atoms with van der Waals surface area (Å²) < 4.78 is 16.9. The summed E-state index contributed by atoms with van der Waals surface area (Å²) in [6, 6.07) is 0. The van der Waals surface area contributed by atoms with Gasteiger partial charge in [-0.25, -0.2) is 0 Å². The van der Waals surface area contributed by atoms with E-state index < -0.39 is 6.10 Å². The zero-order valence-electron chi connectivity index (χ0n) is 50.9. The Morgan fingerprint density at radius 3 is 0.821 bits per heavy atom. The Labute approximate surface area is 482 Å². The summed E-state index contributed by atoms with van der Waals surface area (Å²) in [5.41, 5.74) is 0. The van der Waals surface area contributed by atoms with Crippen molar-refractivity contribution in [2.24, 2.45) is 0 Å². The lowest BCUT2D eigenvalue weighted by Crippen LogP contribution is -2.30. The third kappa shape index (κ3) is 62.7. The van der Waals surface area contributed by atoms with Crippen LogP contribution in [0.25, 0.3) is 0 Å². The number of ether oxygens (including phenoxy) is 3. The molecule has 0 amide bonds. The average Bonchev–Trinajstić information content (AvgIpc) is 3.44. The Balaban J connectivity index is 4.33. The number of carbonyl (C=O) groups excluding carboxylic acids is 3. The van der Waals surface area contributed by atoms with Crippen LogP contribution in [0, 0.1) is 0 Å². The van der Waals surface area contributed by atoms with E-state index in [1.807, 2.05) is 0 Å². The molecule has 0 aromatic heterocycles. The minimum absolute atomic E-state index is 0.0895. The standard InChI is InChI=1S/C72H120O6/c1-4-7-10-13-16-19-22-25-28-29-30-31-32-33-34-35-36-37-38-39-40-41-42-43-45-47-50-53-56-59-62-65-71(74)77-68-69(67-76-70(73)64-61-58-55-52-49-46-27-24-21-18-15-12-9-6-3)78-72(75)66-63-60-57-54-51-48-44-26-23-20-17-14-11-8-5-2/h7,10,15-16,18-19,24-25,27-28,30-31,33-34,36-37,39-40,42-43,69H,4-6,8-9,11-14,17,20-23,26,29,32,35,38,41,44-68H2,1-3H3/b10-7-,18-15-,19-16-,27-24-,28-25-,31-30-,34-33-,37-36-,40-39-,43-42-. The molecule has 0 saturated carbocycles. The smallest absolute Gasteiger partial charge is 0.306 e. The molecule has 0 aliphatic rings. The van der Waals surface area contributed by atoms with E-state index in [2.05, 4.69) is 142 Å². The molecular formula is C72H120O6. The van der Waals surface area contributed by atoms with Crippen molar-refractivity contribution in [3.05, 3.63) is 122 Å². The molecule has 444 valence electrons. The predicted molar refractivity (Wildman–Crippen MR) is 339 cm³/mol. The van der Waals surface area contributed by atoms with Crippen molar-refractivity contribution in [1.29, 1.82) is 0 Å². The molecule has 6 heteroatoms. The van der Waals surface area contributed by atoms with Crippen LogP contribution in [0.1, 0.15) is 297 Å². The summed E-state index contributed by atoms with van der Waals surface area (Å²) in [4.78, 5) is 38.3. The maximum atomic E-state index is 12.9. The van der Waals surface area contributed by atoms with Gasteiger partial charge in [-0.3, -0.25) is 14.4 Å². The SMILES string of the molecule is CC/C=C\C/C=C\C/C=C\C/C=C\C/C=C\C/C=C\C/C=C\C/C=C\CCCCCCCCC(=O)OCC(COC(=O)CCCCCCC/C=C\C/C=C\CCCC)OC(=O)CCCCCCCCCCCCCCCCC. The van der Waals surface area contributed by atoms with Gasteiger partial charge in [-0.2, -0.15) is 0 Å². The molecule has 0 saturated heterocycles. The molecule has 0 fully saturated rings. The van der Waals surface area contributed by atoms with E-state index >= 15 is 0 Å². The first-order chi connectivity index (χ1) is 38.5. The van der Waals surface area contributed by atoms with Gasteiger partial charge in [0.25, 0.3) is 0 Å². The molecule has 0 bridgehead atoms. The maximum Gasteiger partial charge on any atom is 0.306 e. The number of allylic oxidation sites excluding steroid dienone is 20. The van der Waals surface area contributed by atoms with Crippen molar-refractivity contribution in [3.8, 4) is 0 Å². The van der Waals surface area contributed by atoms with Crippen molar-refractivity contribution in [2.75, 3.05) is 13.2 Å². The van der Waals surface area contributed by atoms with Gasteiger partial charge in [-0.05, 0) is 109 Å². The molecule has 0 aliphatic carbocycles. The summed E-state index contributed by atoms with van der Waals surface area (Å²) in [5, 5.41) is 0. The Bertz CT molecular complexity index is 1620. The van der Waals surface area contributed by atoms with E-state index in [1.165, 1.54) is 109 Å². The Morgan fingerprint density at radius 1 is 0.269 bits per heavy atom. The molecule has 0 radical (unpaired) electrons. The van der Waals surface area contributed by atoms with Crippen LogP contribution in [0.2, 0.25) is 0 Å². The van der Waals surface area contributed by atoms with Gasteiger partial charge >= 0.3 is 17.9 Å². The van der Waals surface area contributed by atoms with Gasteiger partial charge in [0.2, 0.25) is 0 Å². The first-order valence-electron chi connectivity index (χ1n) is 32.5. The van der Waals surface area contributed by atoms with Crippen LogP contribution in [0.3, 0.4) is 0 Å². The topological polar surface area (TPSA) is 78.9 Å². The number of carbonyl (C=O) groups is 3. The molecule has 0 aliphatic heterocycles. The van der Waals surface area contributed by atoms with E-state index in [0.29, 0.717) is 19.3 Å². The summed E-state index contributed by atoms with van der Waals surface area (Å²) in [5.74, 6) is -0.910. The first kappa shape index (κ1) is 73.8. The number of esters is 3. The van der Waals surface area contributed by atoms with Gasteiger partial charge in [0, 0.05) is 19.3 Å². The molecule has 0 rings (SSSR count). The van der Waals surface area contributed by atoms with Crippen LogP contribution in [0.5, 0.6) is 0 Å². The van der Waals surface area contributed by atoms with E-state index in [4.69, 9.17) is 14.2 Å². The van der Waals surface area contributed by atoms with Crippen molar-refractivity contribution in [3.63, 3.8) is 0 Å². The van der Waals surface area contributed by atoms with Crippen molar-refractivity contribution >= 4 is 17.9 Å². The average molecular weight is 1080 g/mol. The second-order valence-electron chi connectivity index (χ2n) is 21.3. The molecule has 1 unspecified atom stereocenters. The lowest BCUT2D eigenvalue weighted by molar-refractivity contribution is -0.167. The zero-order chi connectivity index (χ0) is 56.4. The number of unbranched alkanes of at least 4 members (excludes halogenated alkanes) is 27. The highest BCUT2D eigenvalue weighted by molar-refractivity contribution is 5.71. The molecule has 1 atom stereocenters. The number of hydrogen-bond acceptors (Lipinski definition) is 6. The Kier molecular flexibility index (Phi) is 61.8. The maximum absolute atomic E-state index is 12.9. The largest absolute Gasteiger partial charge is 0.462 e. The molecule has 0 aromatic rings. The van der Waals surface area contributed by atoms with Gasteiger partial charge in [0.05, 0.1) is 0 Å². The van der Waals surface area contributed by atoms with Crippen LogP contribution in [0.4, 0.5) is 0 Å². The third-order valence-electron chi connectivity index (χ3n) is 13.7. The molecular weight excluding hydrogens is 961 g/mol. The van der Waals surface area contributed by atoms with Crippen LogP contribution in [-0.2, 0) is 28.6 Å². The lowest BCUT2D eigenvalue weighted by atomic mass is 10.0. The quantitative estimate of drug-likeness (QED) is 0.0261. The highest BCUT2D eigenvalue weighted by atomic mass is 16.6. The third-order valence-corrected chi connectivity index (χ3v) is 13.7. The fourth-order valence-electron chi connectivity index (χ4n) is 8.83. The fraction of sp³-hybridized carbons (Fsp3) is 0.681. The molecule has 0 aromatic carbocycles. The van der Waals surface area contributed by atoms with Crippen molar-refractivity contribution in [1.82, 2.24) is 0 Å². The van der Waals surface area contributed by atoms with Crippen LogP contribution >= 0.6 is 0 Å². The van der Waals surface area contributed by atoms with Crippen molar-refractivity contribution in [2.45, 2.75) is 303 Å². The van der Waals surface area contributed by atoms with E-state index in [1.54, 1.807) is 0 Å². The molecule has 0 spiro atoms. The Morgan fingerprint density at radius 2 is 0.513 bits per heavy atom. The van der Waals surface area contributed by atoms with Gasteiger partial charge in [-0.1, -0.05) is 290 Å². The van der Waals surface area contributed by atoms with Crippen LogP contribution < -0.4 is 0 Å². The predicted octanol–water partition coefficient (Wildman–Crippen LogP) is 22.4. The normalized spacial score (nSPS) is 12.9. The van der Waals surface area contributed by atoms with Gasteiger partial charge in [0.15, 0.2) is 6.10 Å². The number of hydrogen-bond donors (Lipinski definition) is 0. The minimum Gasteiger partial charge on any atom is -0.462 e. The van der Waals surface area contributed by atoms with Gasteiger partial charge < -0.3 is 14.2 Å². The van der Waals surface area contributed by atoms with Crippen LogP contribution in [0.15, 0.2) is 122 Å². The van der Waals surface area contributed by atoms with Gasteiger partial charge in [0.1, 0.15) is 13.2 Å². The van der Waals surface area contributed by atoms with Crippen molar-refractivity contribution < 1.29 is 28.6 Å². The van der Waals surface area contributed by atoms with E-state index in [9.17, 15) is 14.4 Å². The fourth-order valence-corrected chi connectivity index (χ4v) is 8.83. The molecule has 6 nitrogen and oxygen atoms in total. The monoisotopic (exact) mass is 1080 g/mol. The first-order valence-corrected chi connectivity index (χ1v) is 32.5. The lowest BCUT2D eigenvalue weighted by Gasteiger charge is -2.18. The number of rotatable bonds is 58. The van der Waals surface area contributed by atoms with E-state index in [-0.39, 0.29) is 31.1 Å². The summed E-state index contributed by atoms with van der Waals surface area (Å²) >= 11 is 0. The zero-order valence-corrected chi connectivity index (χ0v) is 50.9. The summed E-state index contributed by atoms with van der Waals surface area (Å²) in [6.45, 7) is 6.48. The van der Waals surface area contributed by atoms with Crippen LogP contribution in [-0.4, -0.2) is 37.2 Å². The highest BCUT2D eigenvalue weighted by Crippen LogP contribution is 2.16. The Hall–Kier alpha value is -4.19. The highest BCUT2D eigenvalue weighted by Gasteiger charge is 2.19. The second-order valence-corrected chi connectivity index (χ2v) is 21.3. The van der Waals surface area contributed by atoms with E-state index in [0.717, 1.165) is 148 Å². The molecule has 0 N–H and O–H groups in total. The molecule has 78 heavy (non-hydrogen) atoms. The summed E-state index contributed by atoms with van der Waals surface area (Å²) in [7, 11) is 0.